The van der Waals surface area contributed by atoms with Gasteiger partial charge in [-0.25, -0.2) is 0 Å². The molecule has 0 bridgehead atoms. The van der Waals surface area contributed by atoms with Crippen LogP contribution in [-0.4, -0.2) is 28.6 Å². The summed E-state index contributed by atoms with van der Waals surface area (Å²) in [6, 6.07) is 17.2. The minimum atomic E-state index is -4.42. The van der Waals surface area contributed by atoms with Crippen LogP contribution in [0.15, 0.2) is 79.0 Å². The Bertz CT molecular complexity index is 1560. The normalized spacial score (nSPS) is 14.6. The summed E-state index contributed by atoms with van der Waals surface area (Å²) in [7, 11) is 0. The van der Waals surface area contributed by atoms with Crippen molar-refractivity contribution in [3.05, 3.63) is 101 Å². The number of hydrogen-bond acceptors (Lipinski definition) is 5. The lowest BCUT2D eigenvalue weighted by Crippen LogP contribution is -2.20. The maximum absolute atomic E-state index is 12.8. The summed E-state index contributed by atoms with van der Waals surface area (Å²) in [5.41, 5.74) is 1.45. The average Bonchev–Trinajstić information content (AvgIpc) is 2.93. The highest BCUT2D eigenvalue weighted by Gasteiger charge is 2.30. The van der Waals surface area contributed by atoms with Crippen molar-refractivity contribution in [2.24, 2.45) is 0 Å². The van der Waals surface area contributed by atoms with Gasteiger partial charge in [-0.1, -0.05) is 23.7 Å². The molecule has 1 aliphatic heterocycles. The quantitative estimate of drug-likeness (QED) is 0.251. The first-order chi connectivity index (χ1) is 19.1. The molecule has 0 aliphatic carbocycles. The molecule has 3 aromatic carbocycles. The van der Waals surface area contributed by atoms with Crippen molar-refractivity contribution >= 4 is 29.2 Å². The largest absolute Gasteiger partial charge is 0.493 e. The molecule has 0 saturated heterocycles. The summed E-state index contributed by atoms with van der Waals surface area (Å²) < 4.78 is 49.8. The van der Waals surface area contributed by atoms with Crippen LogP contribution in [0.3, 0.4) is 0 Å². The molecular formula is C29H20ClF3N2O5. The highest BCUT2D eigenvalue weighted by molar-refractivity contribution is 6.32. The van der Waals surface area contributed by atoms with Crippen LogP contribution < -0.4 is 14.8 Å². The molecule has 0 radical (unpaired) electrons. The van der Waals surface area contributed by atoms with Gasteiger partial charge >= 0.3 is 12.1 Å². The van der Waals surface area contributed by atoms with E-state index in [9.17, 15) is 27.9 Å². The number of pyridine rings is 1. The van der Waals surface area contributed by atoms with Crippen molar-refractivity contribution in [1.82, 2.24) is 4.98 Å². The van der Waals surface area contributed by atoms with E-state index in [4.69, 9.17) is 21.1 Å². The van der Waals surface area contributed by atoms with Crippen molar-refractivity contribution < 1.29 is 37.3 Å². The van der Waals surface area contributed by atoms with Gasteiger partial charge in [0.05, 0.1) is 40.7 Å². The van der Waals surface area contributed by atoms with Gasteiger partial charge < -0.3 is 19.9 Å². The van der Waals surface area contributed by atoms with Crippen LogP contribution >= 0.6 is 11.6 Å². The number of aliphatic carboxylic acids is 1. The molecule has 1 atom stereocenters. The third kappa shape index (κ3) is 5.86. The minimum Gasteiger partial charge on any atom is -0.493 e. The number of carboxylic acid groups (broad SMARTS) is 1. The van der Waals surface area contributed by atoms with Crippen LogP contribution in [0.1, 0.15) is 33.8 Å². The van der Waals surface area contributed by atoms with Crippen LogP contribution in [0.25, 0.3) is 11.3 Å². The smallest absolute Gasteiger partial charge is 0.416 e. The molecule has 5 rings (SSSR count). The van der Waals surface area contributed by atoms with Crippen molar-refractivity contribution in [1.29, 1.82) is 0 Å². The monoisotopic (exact) mass is 568 g/mol. The van der Waals surface area contributed by atoms with E-state index in [0.29, 0.717) is 46.0 Å². The molecule has 11 heteroatoms. The van der Waals surface area contributed by atoms with Gasteiger partial charge in [0, 0.05) is 22.8 Å². The lowest BCUT2D eigenvalue weighted by atomic mass is 9.93. The van der Waals surface area contributed by atoms with E-state index in [1.807, 2.05) is 0 Å². The number of hydrogen-bond donors (Lipinski definition) is 2. The summed E-state index contributed by atoms with van der Waals surface area (Å²) >= 11 is 6.34. The number of fused-ring (bicyclic) bond motifs is 1. The van der Waals surface area contributed by atoms with Gasteiger partial charge in [-0.15, -0.1) is 0 Å². The average molecular weight is 569 g/mol. The zero-order chi connectivity index (χ0) is 28.4. The summed E-state index contributed by atoms with van der Waals surface area (Å²) in [6.45, 7) is 0.266. The Hall–Kier alpha value is -4.57. The Morgan fingerprint density at radius 2 is 1.75 bits per heavy atom. The van der Waals surface area contributed by atoms with Crippen molar-refractivity contribution in [3.8, 4) is 28.5 Å². The van der Waals surface area contributed by atoms with Crippen molar-refractivity contribution in [3.63, 3.8) is 0 Å². The number of ether oxygens (including phenoxy) is 2. The number of benzene rings is 3. The second-order valence-corrected chi connectivity index (χ2v) is 9.34. The standard InChI is InChI=1S/C29H20ClF3N2O5/c30-23-13-22-21(28(37)38)11-12-39-25(22)14-26(23)40-20-8-3-17(4-9-20)27(36)35-19-7-10-24(34-15-19)16-1-5-18(6-2-16)29(31,32)33/h1-10,13-15,21H,11-12H2,(H,35,36)(H,37,38). The number of alkyl halides is 3. The third-order valence-electron chi connectivity index (χ3n) is 6.28. The molecule has 1 aliphatic rings. The summed E-state index contributed by atoms with van der Waals surface area (Å²) in [6.07, 6.45) is -2.65. The van der Waals surface area contributed by atoms with Crippen LogP contribution in [0.4, 0.5) is 18.9 Å². The number of carboxylic acids is 1. The number of carbonyl (C=O) groups is 2. The molecule has 7 nitrogen and oxygen atoms in total. The molecule has 204 valence electrons. The molecule has 2 N–H and O–H groups in total. The summed E-state index contributed by atoms with van der Waals surface area (Å²) in [4.78, 5) is 28.4. The minimum absolute atomic E-state index is 0.226. The van der Waals surface area contributed by atoms with Gasteiger partial charge in [-0.2, -0.15) is 13.2 Å². The highest BCUT2D eigenvalue weighted by Crippen LogP contribution is 2.42. The molecule has 0 spiro atoms. The number of carbonyl (C=O) groups excluding carboxylic acids is 1. The first kappa shape index (κ1) is 27.0. The molecule has 2 heterocycles. The lowest BCUT2D eigenvalue weighted by Gasteiger charge is -2.24. The molecule has 0 fully saturated rings. The molecule has 1 unspecified atom stereocenters. The molecule has 4 aromatic rings. The number of amides is 1. The number of nitrogens with zero attached hydrogens (tertiary/aromatic N) is 1. The van der Waals surface area contributed by atoms with Gasteiger partial charge in [0.25, 0.3) is 5.91 Å². The first-order valence-corrected chi connectivity index (χ1v) is 12.4. The number of rotatable bonds is 6. The van der Waals surface area contributed by atoms with Crippen molar-refractivity contribution in [2.45, 2.75) is 18.5 Å². The molecule has 40 heavy (non-hydrogen) atoms. The van der Waals surface area contributed by atoms with Gasteiger partial charge in [0.2, 0.25) is 0 Å². The van der Waals surface area contributed by atoms with Crippen molar-refractivity contribution in [2.75, 3.05) is 11.9 Å². The van der Waals surface area contributed by atoms with E-state index in [1.54, 1.807) is 42.5 Å². The van der Waals surface area contributed by atoms with Gasteiger partial charge in [0.15, 0.2) is 0 Å². The van der Waals surface area contributed by atoms with E-state index >= 15 is 0 Å². The SMILES string of the molecule is O=C(Nc1ccc(-c2ccc(C(F)(F)F)cc2)nc1)c1ccc(Oc2cc3c(cc2Cl)C(C(=O)O)CCO3)cc1. The molecule has 0 saturated carbocycles. The fourth-order valence-electron chi connectivity index (χ4n) is 4.20. The highest BCUT2D eigenvalue weighted by atomic mass is 35.5. The second kappa shape index (κ2) is 10.9. The predicted molar refractivity (Wildman–Crippen MR) is 141 cm³/mol. The third-order valence-corrected chi connectivity index (χ3v) is 6.57. The maximum atomic E-state index is 12.8. The Morgan fingerprint density at radius 1 is 1.02 bits per heavy atom. The van der Waals surface area contributed by atoms with Crippen LogP contribution in [0.2, 0.25) is 5.02 Å². The summed E-state index contributed by atoms with van der Waals surface area (Å²) in [5.74, 6) is -0.990. The topological polar surface area (TPSA) is 97.8 Å². The Labute approximate surface area is 231 Å². The molecular weight excluding hydrogens is 549 g/mol. The number of anilines is 1. The predicted octanol–water partition coefficient (Wildman–Crippen LogP) is 7.42. The number of nitrogens with one attached hydrogen (secondary N) is 1. The lowest BCUT2D eigenvalue weighted by molar-refractivity contribution is -0.139. The van der Waals surface area contributed by atoms with E-state index < -0.39 is 29.5 Å². The van der Waals surface area contributed by atoms with Gasteiger partial charge in [-0.3, -0.25) is 14.6 Å². The zero-order valence-corrected chi connectivity index (χ0v) is 21.3. The fraction of sp³-hybridized carbons (Fsp3) is 0.138. The van der Waals surface area contributed by atoms with Gasteiger partial charge in [-0.05, 0) is 61.0 Å². The summed E-state index contributed by atoms with van der Waals surface area (Å²) in [5, 5.41) is 12.4. The Kier molecular flexibility index (Phi) is 7.36. The van der Waals surface area contributed by atoms with E-state index in [-0.39, 0.29) is 17.4 Å². The number of halogens is 4. The Morgan fingerprint density at radius 3 is 2.38 bits per heavy atom. The molecule has 1 amide bonds. The molecule has 1 aromatic heterocycles. The first-order valence-electron chi connectivity index (χ1n) is 12.0. The second-order valence-electron chi connectivity index (χ2n) is 8.94. The van der Waals surface area contributed by atoms with Crippen LogP contribution in [-0.2, 0) is 11.0 Å². The maximum Gasteiger partial charge on any atom is 0.416 e. The number of aromatic nitrogens is 1. The van der Waals surface area contributed by atoms with E-state index in [1.165, 1.54) is 24.4 Å². The Balaban J connectivity index is 1.23. The van der Waals surface area contributed by atoms with E-state index in [0.717, 1.165) is 12.1 Å². The van der Waals surface area contributed by atoms with Crippen LogP contribution in [0, 0.1) is 0 Å². The van der Waals surface area contributed by atoms with E-state index in [2.05, 4.69) is 10.3 Å². The zero-order valence-electron chi connectivity index (χ0n) is 20.5. The van der Waals surface area contributed by atoms with Crippen LogP contribution in [0.5, 0.6) is 17.2 Å². The fourth-order valence-corrected chi connectivity index (χ4v) is 4.41. The van der Waals surface area contributed by atoms with Gasteiger partial charge in [0.1, 0.15) is 17.2 Å².